The smallest absolute Gasteiger partial charge is 0.222 e. The molecule has 0 aromatic heterocycles. The zero-order valence-electron chi connectivity index (χ0n) is 14.7. The first-order valence-corrected chi connectivity index (χ1v) is 10.2. The van der Waals surface area contributed by atoms with Crippen LogP contribution in [0.4, 0.5) is 0 Å². The molecule has 0 aliphatic heterocycles. The maximum Gasteiger partial charge on any atom is 0.222 e. The Labute approximate surface area is 159 Å². The van der Waals surface area contributed by atoms with Crippen molar-refractivity contribution in [2.75, 3.05) is 24.3 Å². The molecule has 0 aliphatic carbocycles. The van der Waals surface area contributed by atoms with Gasteiger partial charge < -0.3 is 28.3 Å². The zero-order chi connectivity index (χ0) is 19.4. The third-order valence-electron chi connectivity index (χ3n) is 3.58. The molecule has 0 rings (SSSR count). The largest absolute Gasteiger partial charge is 0.377 e. The molecule has 10 N–H and O–H groups in total. The summed E-state index contributed by atoms with van der Waals surface area (Å²) in [5.41, 5.74) is 23.1. The molecule has 0 fully saturated rings. The number of thioether (sulfide) groups is 1. The van der Waals surface area contributed by atoms with Crippen LogP contribution in [0.1, 0.15) is 19.3 Å². The predicted octanol–water partition coefficient (Wildman–Crippen LogP) is -1.50. The quantitative estimate of drug-likeness (QED) is 0.0761. The standard InChI is InChI=1S/C15H32N6O2S2/c1-9(10(16)5-7-25-2)21-12(4-3-6-20-15(18)19)14(23)13(22)11(17)8-24/h10-12,15,20-21,24H,1,3-8,16-19H2,2H3/t10-,11-,12-/m0/s1. The number of carbonyl (C=O) groups excluding carboxylic acids is 2. The topological polar surface area (TPSA) is 162 Å². The molecule has 0 spiro atoms. The number of nitrogens with one attached hydrogen (secondary N) is 2. The molecule has 0 bridgehead atoms. The Morgan fingerprint density at radius 1 is 1.12 bits per heavy atom. The Hall–Kier alpha value is -0.620. The van der Waals surface area contributed by atoms with Gasteiger partial charge in [0, 0.05) is 17.5 Å². The Bertz CT molecular complexity index is 436. The van der Waals surface area contributed by atoms with Crippen LogP contribution in [0.5, 0.6) is 0 Å². The van der Waals surface area contributed by atoms with Gasteiger partial charge in [-0.3, -0.25) is 14.9 Å². The summed E-state index contributed by atoms with van der Waals surface area (Å²) in [6.45, 7) is 4.41. The van der Waals surface area contributed by atoms with Crippen molar-refractivity contribution in [3.05, 3.63) is 12.3 Å². The number of ketones is 2. The summed E-state index contributed by atoms with van der Waals surface area (Å²) in [6, 6.07) is -1.96. The van der Waals surface area contributed by atoms with E-state index in [0.29, 0.717) is 25.1 Å². The molecule has 0 heterocycles. The van der Waals surface area contributed by atoms with Gasteiger partial charge in [0.25, 0.3) is 0 Å². The van der Waals surface area contributed by atoms with Crippen LogP contribution >= 0.6 is 24.4 Å². The molecule has 0 aromatic rings. The number of Topliss-reactive ketones (excluding diaryl/α,β-unsaturated/α-hetero) is 2. The average Bonchev–Trinajstić information content (AvgIpc) is 2.59. The molecule has 0 aromatic carbocycles. The van der Waals surface area contributed by atoms with Crippen LogP contribution in [0.25, 0.3) is 0 Å². The van der Waals surface area contributed by atoms with Gasteiger partial charge in [-0.25, -0.2) is 0 Å². The SMILES string of the molecule is C=C(N[C@@H](CCCNC(N)N)C(=O)C(=O)[C@@H](N)CS)[C@@H](N)CCSC. The molecule has 0 saturated heterocycles. The van der Waals surface area contributed by atoms with Crippen LogP contribution in [-0.2, 0) is 9.59 Å². The van der Waals surface area contributed by atoms with Crippen LogP contribution in [-0.4, -0.2) is 60.3 Å². The summed E-state index contributed by atoms with van der Waals surface area (Å²) in [4.78, 5) is 24.6. The van der Waals surface area contributed by atoms with Crippen molar-refractivity contribution in [2.24, 2.45) is 22.9 Å². The summed E-state index contributed by atoms with van der Waals surface area (Å²) in [6.07, 6.45) is 3.07. The third-order valence-corrected chi connectivity index (χ3v) is 4.62. The van der Waals surface area contributed by atoms with Gasteiger partial charge in [-0.05, 0) is 37.8 Å². The minimum atomic E-state index is -0.922. The fourth-order valence-corrected chi connectivity index (χ4v) is 2.69. The van der Waals surface area contributed by atoms with Crippen LogP contribution in [0.3, 0.4) is 0 Å². The summed E-state index contributed by atoms with van der Waals surface area (Å²) in [5, 5.41) is 5.86. The summed E-state index contributed by atoms with van der Waals surface area (Å²) >= 11 is 5.65. The normalized spacial score (nSPS) is 14.8. The second-order valence-electron chi connectivity index (χ2n) is 5.75. The second-order valence-corrected chi connectivity index (χ2v) is 7.10. The van der Waals surface area contributed by atoms with Crippen LogP contribution < -0.4 is 33.6 Å². The minimum absolute atomic E-state index is 0.106. The minimum Gasteiger partial charge on any atom is -0.377 e. The number of hydrogen-bond acceptors (Lipinski definition) is 10. The molecule has 0 aliphatic rings. The molecule has 10 heteroatoms. The molecule has 0 amide bonds. The van der Waals surface area contributed by atoms with E-state index >= 15 is 0 Å². The number of nitrogens with two attached hydrogens (primary N) is 4. The summed E-state index contributed by atoms with van der Waals surface area (Å²) in [5.74, 6) is -0.254. The fourth-order valence-electron chi connectivity index (χ4n) is 2.03. The first kappa shape index (κ1) is 24.4. The van der Waals surface area contributed by atoms with Crippen LogP contribution in [0.2, 0.25) is 0 Å². The van der Waals surface area contributed by atoms with E-state index in [-0.39, 0.29) is 11.8 Å². The first-order valence-electron chi connectivity index (χ1n) is 8.13. The zero-order valence-corrected chi connectivity index (χ0v) is 16.5. The van der Waals surface area contributed by atoms with E-state index in [4.69, 9.17) is 22.9 Å². The van der Waals surface area contributed by atoms with E-state index < -0.39 is 29.9 Å². The van der Waals surface area contributed by atoms with Crippen molar-refractivity contribution in [3.63, 3.8) is 0 Å². The molecular formula is C15H32N6O2S2. The van der Waals surface area contributed by atoms with Crippen LogP contribution in [0, 0.1) is 0 Å². The van der Waals surface area contributed by atoms with Gasteiger partial charge in [-0.2, -0.15) is 24.4 Å². The van der Waals surface area contributed by atoms with Crippen molar-refractivity contribution >= 4 is 36.0 Å². The lowest BCUT2D eigenvalue weighted by molar-refractivity contribution is -0.138. The molecule has 25 heavy (non-hydrogen) atoms. The number of thiol groups is 1. The van der Waals surface area contributed by atoms with Gasteiger partial charge in [-0.1, -0.05) is 6.58 Å². The van der Waals surface area contributed by atoms with E-state index in [0.717, 1.165) is 12.2 Å². The van der Waals surface area contributed by atoms with Crippen molar-refractivity contribution in [2.45, 2.75) is 43.7 Å². The second kappa shape index (κ2) is 13.6. The van der Waals surface area contributed by atoms with Gasteiger partial charge in [-0.15, -0.1) is 0 Å². The van der Waals surface area contributed by atoms with Crippen molar-refractivity contribution < 1.29 is 9.59 Å². The maximum atomic E-state index is 12.5. The molecule has 0 saturated carbocycles. The Morgan fingerprint density at radius 3 is 2.28 bits per heavy atom. The highest BCUT2D eigenvalue weighted by atomic mass is 32.2. The molecule has 8 nitrogen and oxygen atoms in total. The lowest BCUT2D eigenvalue weighted by Gasteiger charge is -2.24. The highest BCUT2D eigenvalue weighted by molar-refractivity contribution is 7.98. The lowest BCUT2D eigenvalue weighted by atomic mass is 9.99. The number of rotatable bonds is 15. The fraction of sp³-hybridized carbons (Fsp3) is 0.733. The van der Waals surface area contributed by atoms with Crippen molar-refractivity contribution in [3.8, 4) is 0 Å². The van der Waals surface area contributed by atoms with Gasteiger partial charge >= 0.3 is 0 Å². The number of hydrogen-bond donors (Lipinski definition) is 7. The van der Waals surface area contributed by atoms with Gasteiger partial charge in [0.05, 0.1) is 12.1 Å². The van der Waals surface area contributed by atoms with E-state index in [2.05, 4.69) is 29.8 Å². The van der Waals surface area contributed by atoms with Crippen molar-refractivity contribution in [1.29, 1.82) is 0 Å². The maximum absolute atomic E-state index is 12.5. The summed E-state index contributed by atoms with van der Waals surface area (Å²) < 4.78 is 0. The van der Waals surface area contributed by atoms with Crippen molar-refractivity contribution in [1.82, 2.24) is 10.6 Å². The van der Waals surface area contributed by atoms with Gasteiger partial charge in [0.2, 0.25) is 11.6 Å². The monoisotopic (exact) mass is 392 g/mol. The highest BCUT2D eigenvalue weighted by Crippen LogP contribution is 2.08. The predicted molar refractivity (Wildman–Crippen MR) is 108 cm³/mol. The summed E-state index contributed by atoms with van der Waals surface area (Å²) in [7, 11) is 0. The highest BCUT2D eigenvalue weighted by Gasteiger charge is 2.29. The van der Waals surface area contributed by atoms with Gasteiger partial charge in [0.1, 0.15) is 6.29 Å². The van der Waals surface area contributed by atoms with E-state index in [1.165, 1.54) is 0 Å². The molecular weight excluding hydrogens is 360 g/mol. The van der Waals surface area contributed by atoms with Crippen LogP contribution in [0.15, 0.2) is 12.3 Å². The Kier molecular flexibility index (Phi) is 13.2. The average molecular weight is 393 g/mol. The Balaban J connectivity index is 4.84. The van der Waals surface area contributed by atoms with E-state index in [9.17, 15) is 9.59 Å². The third kappa shape index (κ3) is 10.2. The number of carbonyl (C=O) groups is 2. The molecule has 146 valence electrons. The van der Waals surface area contributed by atoms with E-state index in [1.54, 1.807) is 11.8 Å². The Morgan fingerprint density at radius 2 is 1.76 bits per heavy atom. The van der Waals surface area contributed by atoms with E-state index in [1.807, 2.05) is 6.26 Å². The van der Waals surface area contributed by atoms with Gasteiger partial charge in [0.15, 0.2) is 0 Å². The lowest BCUT2D eigenvalue weighted by Crippen LogP contribution is -2.49. The molecule has 0 unspecified atom stereocenters. The molecule has 0 radical (unpaired) electrons. The first-order chi connectivity index (χ1) is 11.7. The molecule has 3 atom stereocenters.